The van der Waals surface area contributed by atoms with Gasteiger partial charge in [-0.3, -0.25) is 4.79 Å². The van der Waals surface area contributed by atoms with Crippen LogP contribution in [0.15, 0.2) is 48.5 Å². The molecule has 0 amide bonds. The van der Waals surface area contributed by atoms with Gasteiger partial charge in [0.05, 0.1) is 12.7 Å². The fourth-order valence-electron chi connectivity index (χ4n) is 2.82. The van der Waals surface area contributed by atoms with Gasteiger partial charge in [0.1, 0.15) is 12.0 Å². The minimum Gasteiger partial charge on any atom is -0.595 e. The van der Waals surface area contributed by atoms with Crippen LogP contribution in [-0.4, -0.2) is 24.3 Å². The molecule has 3 atom stereocenters. The molecule has 0 bridgehead atoms. The van der Waals surface area contributed by atoms with Gasteiger partial charge in [-0.15, -0.1) is 0 Å². The highest BCUT2D eigenvalue weighted by Gasteiger charge is 2.41. The van der Waals surface area contributed by atoms with Crippen LogP contribution in [0.25, 0.3) is 0 Å². The van der Waals surface area contributed by atoms with Crippen LogP contribution in [0.2, 0.25) is 0 Å². The molecule has 0 fully saturated rings. The van der Waals surface area contributed by atoms with E-state index < -0.39 is 29.2 Å². The van der Waals surface area contributed by atoms with Crippen LogP contribution in [-0.2, 0) is 14.3 Å². The summed E-state index contributed by atoms with van der Waals surface area (Å²) in [7, 11) is 1.27. The maximum Gasteiger partial charge on any atom is 0.339 e. The second-order valence-electron chi connectivity index (χ2n) is 5.34. The molecule has 2 aromatic rings. The van der Waals surface area contributed by atoms with Crippen molar-refractivity contribution in [2.24, 2.45) is 0 Å². The summed E-state index contributed by atoms with van der Waals surface area (Å²) in [4.78, 5) is 24.5. The van der Waals surface area contributed by atoms with E-state index in [9.17, 15) is 14.8 Å². The summed E-state index contributed by atoms with van der Waals surface area (Å²) in [6.07, 6.45) is -0.873. The van der Waals surface area contributed by atoms with Gasteiger partial charge < -0.3 is 14.7 Å². The average molecular weight is 329 g/mol. The van der Waals surface area contributed by atoms with Crippen LogP contribution in [0.3, 0.4) is 0 Å². The van der Waals surface area contributed by atoms with E-state index in [0.29, 0.717) is 16.7 Å². The van der Waals surface area contributed by atoms with E-state index in [-0.39, 0.29) is 5.69 Å². The fraction of sp³-hybridized carbons (Fsp3) is 0.176. The van der Waals surface area contributed by atoms with Crippen LogP contribution in [0.1, 0.15) is 33.5 Å². The van der Waals surface area contributed by atoms with Crippen molar-refractivity contribution in [3.63, 3.8) is 0 Å². The highest BCUT2D eigenvalue weighted by molar-refractivity contribution is 5.96. The molecule has 0 spiro atoms. The van der Waals surface area contributed by atoms with Gasteiger partial charge in [-0.25, -0.2) is 10.0 Å². The quantitative estimate of drug-likeness (QED) is 0.649. The van der Waals surface area contributed by atoms with E-state index in [2.05, 4.69) is 0 Å². The van der Waals surface area contributed by atoms with Crippen LogP contribution in [0, 0.1) is 5.21 Å². The third-order valence-electron chi connectivity index (χ3n) is 3.99. The lowest BCUT2D eigenvalue weighted by Gasteiger charge is -2.31. The highest BCUT2D eigenvalue weighted by Crippen LogP contribution is 2.41. The lowest BCUT2D eigenvalue weighted by atomic mass is 9.84. The topological polar surface area (TPSA) is 100 Å². The molecule has 1 heterocycles. The molecular weight excluding hydrogens is 314 g/mol. The first kappa shape index (κ1) is 16.1. The predicted molar refractivity (Wildman–Crippen MR) is 81.6 cm³/mol. The summed E-state index contributed by atoms with van der Waals surface area (Å²) >= 11 is 0. The average Bonchev–Trinajstić information content (AvgIpc) is 2.61. The second-order valence-corrected chi connectivity index (χ2v) is 5.34. The smallest absolute Gasteiger partial charge is 0.339 e. The van der Waals surface area contributed by atoms with E-state index >= 15 is 0 Å². The number of nitrogens with one attached hydrogen (secondary N) is 1. The number of benzene rings is 2. The van der Waals surface area contributed by atoms with E-state index in [1.807, 2.05) is 0 Å². The number of hydrogen-bond donors (Lipinski definition) is 2. The van der Waals surface area contributed by atoms with E-state index in [1.165, 1.54) is 31.4 Å². The predicted octanol–water partition coefficient (Wildman–Crippen LogP) is 1.26. The van der Waals surface area contributed by atoms with Crippen LogP contribution in [0.5, 0.6) is 0 Å². The Kier molecular flexibility index (Phi) is 4.30. The number of hydrogen-bond acceptors (Lipinski definition) is 6. The van der Waals surface area contributed by atoms with Crippen molar-refractivity contribution in [2.45, 2.75) is 12.0 Å². The van der Waals surface area contributed by atoms with Crippen molar-refractivity contribution in [3.05, 3.63) is 70.4 Å². The number of methoxy groups -OCH3 is 1. The molecule has 1 aliphatic rings. The molecule has 0 saturated carbocycles. The number of cyclic esters (lactones) is 1. The molecule has 0 aliphatic carbocycles. The van der Waals surface area contributed by atoms with Gasteiger partial charge in [-0.1, -0.05) is 18.2 Å². The Bertz CT molecular complexity index is 771. The summed E-state index contributed by atoms with van der Waals surface area (Å²) in [5.74, 6) is -1.86. The van der Waals surface area contributed by atoms with Gasteiger partial charge in [0, 0.05) is 12.1 Å². The highest BCUT2D eigenvalue weighted by atomic mass is 16.8. The molecule has 2 N–H and O–H groups in total. The van der Waals surface area contributed by atoms with Gasteiger partial charge in [0.25, 0.3) is 0 Å². The second kappa shape index (κ2) is 6.40. The van der Waals surface area contributed by atoms with Crippen molar-refractivity contribution < 1.29 is 29.5 Å². The van der Waals surface area contributed by atoms with E-state index in [4.69, 9.17) is 14.7 Å². The number of esters is 2. The zero-order valence-electron chi connectivity index (χ0n) is 12.8. The van der Waals surface area contributed by atoms with Crippen molar-refractivity contribution in [2.75, 3.05) is 7.11 Å². The van der Waals surface area contributed by atoms with E-state index in [0.717, 1.165) is 0 Å². The summed E-state index contributed by atoms with van der Waals surface area (Å²) < 4.78 is 10.3. The number of carbonyl (C=O) groups excluding carboxylic acids is 2. The monoisotopic (exact) mass is 329 g/mol. The maximum absolute atomic E-state index is 12.3. The molecule has 1 unspecified atom stereocenters. The normalized spacial score (nSPS) is 20.7. The summed E-state index contributed by atoms with van der Waals surface area (Å²) in [6.45, 7) is 0. The number of carbonyl (C=O) groups is 2. The third kappa shape index (κ3) is 2.76. The molecule has 3 rings (SSSR count). The summed E-state index contributed by atoms with van der Waals surface area (Å²) in [5.41, 5.74) is 1.49. The Morgan fingerprint density at radius 1 is 1.21 bits per heavy atom. The molecule has 0 saturated heterocycles. The Balaban J connectivity index is 2.06. The summed E-state index contributed by atoms with van der Waals surface area (Å²) in [6, 6.07) is 12.6. The largest absolute Gasteiger partial charge is 0.595 e. The minimum absolute atomic E-state index is 0.107. The SMILES string of the molecule is COC(=O)[C@H]1c2ccccc2C(=O)O[C@H]1c1ccc([NH+]([O-])O)cc1. The lowest BCUT2D eigenvalue weighted by Crippen LogP contribution is -2.99. The molecule has 0 radical (unpaired) electrons. The molecular formula is C17H15NO6. The number of ether oxygens (including phenoxy) is 2. The van der Waals surface area contributed by atoms with Crippen LogP contribution in [0.4, 0.5) is 5.69 Å². The molecule has 24 heavy (non-hydrogen) atoms. The molecule has 1 aliphatic heterocycles. The van der Waals surface area contributed by atoms with Gasteiger partial charge in [-0.05, 0) is 29.3 Å². The lowest BCUT2D eigenvalue weighted by molar-refractivity contribution is -0.991. The van der Waals surface area contributed by atoms with Gasteiger partial charge in [-0.2, -0.15) is 5.23 Å². The molecule has 7 heteroatoms. The molecule has 0 aromatic heterocycles. The van der Waals surface area contributed by atoms with E-state index in [1.54, 1.807) is 24.3 Å². The molecule has 2 aromatic carbocycles. The molecule has 124 valence electrons. The zero-order chi connectivity index (χ0) is 17.3. The first-order valence-corrected chi connectivity index (χ1v) is 7.24. The van der Waals surface area contributed by atoms with Gasteiger partial charge in [0.15, 0.2) is 5.69 Å². The zero-order valence-corrected chi connectivity index (χ0v) is 12.8. The van der Waals surface area contributed by atoms with Crippen LogP contribution >= 0.6 is 0 Å². The number of fused-ring (bicyclic) bond motifs is 1. The Morgan fingerprint density at radius 2 is 1.88 bits per heavy atom. The fourth-order valence-corrected chi connectivity index (χ4v) is 2.82. The van der Waals surface area contributed by atoms with Crippen molar-refractivity contribution in [3.8, 4) is 0 Å². The van der Waals surface area contributed by atoms with Crippen molar-refractivity contribution in [1.82, 2.24) is 0 Å². The number of rotatable bonds is 3. The standard InChI is InChI=1S/C17H15NO6/c1-23-17(20)14-12-4-2-3-5-13(12)16(19)24-15(14)10-6-8-11(9-7-10)18(21)22/h2-9,14-15,18,21H,1H3/t14-,15-/m0/s1. The first-order chi connectivity index (χ1) is 11.5. The third-order valence-corrected chi connectivity index (χ3v) is 3.99. The number of quaternary nitrogens is 1. The van der Waals surface area contributed by atoms with Crippen molar-refractivity contribution in [1.29, 1.82) is 0 Å². The van der Waals surface area contributed by atoms with Gasteiger partial charge in [0.2, 0.25) is 0 Å². The van der Waals surface area contributed by atoms with Gasteiger partial charge >= 0.3 is 11.9 Å². The molecule has 7 nitrogen and oxygen atoms in total. The Hall–Kier alpha value is -2.74. The summed E-state index contributed by atoms with van der Waals surface area (Å²) in [5, 5.41) is 18.9. The minimum atomic E-state index is -1.06. The first-order valence-electron chi connectivity index (χ1n) is 7.24. The van der Waals surface area contributed by atoms with Crippen LogP contribution < -0.4 is 5.23 Å². The maximum atomic E-state index is 12.3. The Labute approximate surface area is 137 Å². The Morgan fingerprint density at radius 3 is 2.50 bits per heavy atom. The van der Waals surface area contributed by atoms with Crippen molar-refractivity contribution >= 4 is 17.6 Å².